The second-order valence-corrected chi connectivity index (χ2v) is 5.04. The zero-order chi connectivity index (χ0) is 12.3. The summed E-state index contributed by atoms with van der Waals surface area (Å²) in [6.45, 7) is 11.0. The molecule has 0 fully saturated rings. The summed E-state index contributed by atoms with van der Waals surface area (Å²) in [5.74, 6) is 0.678. The molecule has 90 valence electrons. The van der Waals surface area contributed by atoms with Crippen LogP contribution >= 0.6 is 0 Å². The van der Waals surface area contributed by atoms with Crippen LogP contribution in [0.15, 0.2) is 24.3 Å². The largest absolute Gasteiger partial charge is 0.369 e. The minimum Gasteiger partial charge on any atom is -0.369 e. The van der Waals surface area contributed by atoms with Crippen LogP contribution in [0, 0.1) is 0 Å². The number of hydrogen-bond donors (Lipinski definition) is 0. The maximum absolute atomic E-state index is 2.41. The highest BCUT2D eigenvalue weighted by molar-refractivity contribution is 5.58. The van der Waals surface area contributed by atoms with E-state index in [1.807, 2.05) is 13.8 Å². The number of benzene rings is 1. The Balaban J connectivity index is 0.000000606. The first-order valence-corrected chi connectivity index (χ1v) is 6.35. The zero-order valence-electron chi connectivity index (χ0n) is 11.5. The van der Waals surface area contributed by atoms with Crippen molar-refractivity contribution in [2.75, 3.05) is 11.9 Å². The number of fused-ring (bicyclic) bond motifs is 1. The Hall–Kier alpha value is -0.980. The van der Waals surface area contributed by atoms with Gasteiger partial charge in [-0.1, -0.05) is 39.0 Å². The summed E-state index contributed by atoms with van der Waals surface area (Å²) in [5, 5.41) is 0. The molecule has 1 aromatic carbocycles. The van der Waals surface area contributed by atoms with Gasteiger partial charge in [-0.3, -0.25) is 0 Å². The van der Waals surface area contributed by atoms with Crippen LogP contribution in [0.3, 0.4) is 0 Å². The predicted octanol–water partition coefficient (Wildman–Crippen LogP) is 4.43. The molecule has 0 bridgehead atoms. The lowest BCUT2D eigenvalue weighted by molar-refractivity contribution is 0.395. The summed E-state index contributed by atoms with van der Waals surface area (Å²) in [6, 6.07) is 8.75. The molecule has 1 atom stereocenters. The molecule has 1 aliphatic rings. The molecule has 0 aromatic heterocycles. The lowest BCUT2D eigenvalue weighted by Crippen LogP contribution is -2.45. The Morgan fingerprint density at radius 1 is 1.19 bits per heavy atom. The van der Waals surface area contributed by atoms with Gasteiger partial charge in [-0.05, 0) is 37.8 Å². The van der Waals surface area contributed by atoms with Gasteiger partial charge >= 0.3 is 0 Å². The van der Waals surface area contributed by atoms with Crippen molar-refractivity contribution in [2.24, 2.45) is 0 Å². The molecule has 1 unspecified atom stereocenters. The smallest absolute Gasteiger partial charge is 0.0403 e. The summed E-state index contributed by atoms with van der Waals surface area (Å²) >= 11 is 0. The van der Waals surface area contributed by atoms with Crippen LogP contribution in [0.4, 0.5) is 5.69 Å². The van der Waals surface area contributed by atoms with E-state index >= 15 is 0 Å². The van der Waals surface area contributed by atoms with Gasteiger partial charge in [0, 0.05) is 18.3 Å². The molecule has 1 aliphatic heterocycles. The van der Waals surface area contributed by atoms with Gasteiger partial charge < -0.3 is 4.90 Å². The summed E-state index contributed by atoms with van der Waals surface area (Å²) < 4.78 is 0. The molecule has 0 saturated heterocycles. The van der Waals surface area contributed by atoms with Gasteiger partial charge in [0.15, 0.2) is 0 Å². The number of nitrogens with zero attached hydrogens (tertiary/aromatic N) is 1. The first-order valence-electron chi connectivity index (χ1n) is 6.35. The molecule has 1 nitrogen and oxygen atoms in total. The van der Waals surface area contributed by atoms with E-state index in [0.717, 1.165) is 0 Å². The molecule has 0 spiro atoms. The Morgan fingerprint density at radius 2 is 1.75 bits per heavy atom. The third kappa shape index (κ3) is 2.23. The van der Waals surface area contributed by atoms with Crippen LogP contribution in [0.1, 0.15) is 52.5 Å². The predicted molar refractivity (Wildman–Crippen MR) is 73.3 cm³/mol. The highest BCUT2D eigenvalue weighted by atomic mass is 15.2. The summed E-state index contributed by atoms with van der Waals surface area (Å²) in [4.78, 5) is 2.41. The fraction of sp³-hybridized carbons (Fsp3) is 0.600. The van der Waals surface area contributed by atoms with Crippen LogP contribution < -0.4 is 4.90 Å². The van der Waals surface area contributed by atoms with E-state index in [4.69, 9.17) is 0 Å². The monoisotopic (exact) mass is 219 g/mol. The van der Waals surface area contributed by atoms with E-state index in [2.05, 4.69) is 57.0 Å². The van der Waals surface area contributed by atoms with Gasteiger partial charge in [0.05, 0.1) is 0 Å². The van der Waals surface area contributed by atoms with Gasteiger partial charge in [-0.25, -0.2) is 0 Å². The lowest BCUT2D eigenvalue weighted by Gasteiger charge is -2.45. The van der Waals surface area contributed by atoms with Crippen LogP contribution in [-0.4, -0.2) is 12.6 Å². The first-order chi connectivity index (χ1) is 7.52. The van der Waals surface area contributed by atoms with Crippen LogP contribution in [0.25, 0.3) is 0 Å². The van der Waals surface area contributed by atoms with E-state index in [1.165, 1.54) is 17.7 Å². The van der Waals surface area contributed by atoms with Crippen molar-refractivity contribution in [1.82, 2.24) is 0 Å². The molecule has 1 heteroatoms. The average molecular weight is 219 g/mol. The fourth-order valence-corrected chi connectivity index (χ4v) is 2.53. The summed E-state index contributed by atoms with van der Waals surface area (Å²) in [7, 11) is 2.20. The molecule has 0 radical (unpaired) electrons. The van der Waals surface area contributed by atoms with Gasteiger partial charge in [-0.15, -0.1) is 0 Å². The normalized spacial score (nSPS) is 21.9. The van der Waals surface area contributed by atoms with Crippen molar-refractivity contribution >= 4 is 5.69 Å². The molecule has 0 amide bonds. The van der Waals surface area contributed by atoms with E-state index in [-0.39, 0.29) is 5.54 Å². The number of para-hydroxylation sites is 1. The number of anilines is 1. The van der Waals surface area contributed by atoms with E-state index in [1.54, 1.807) is 0 Å². The zero-order valence-corrected chi connectivity index (χ0v) is 11.5. The number of hydrogen-bond acceptors (Lipinski definition) is 1. The number of rotatable bonds is 0. The Kier molecular flexibility index (Phi) is 4.01. The first kappa shape index (κ1) is 13.1. The minimum atomic E-state index is 0.285. The molecular weight excluding hydrogens is 194 g/mol. The molecule has 0 saturated carbocycles. The SMILES string of the molecule is CC.CC1CC(C)(C)N(C)c2ccccc21. The Bertz CT molecular complexity index is 341. The van der Waals surface area contributed by atoms with E-state index < -0.39 is 0 Å². The topological polar surface area (TPSA) is 3.24 Å². The standard InChI is InChI=1S/C13H19N.C2H6/c1-10-9-13(2,3)14(4)12-8-6-5-7-11(10)12;1-2/h5-8,10H,9H2,1-4H3;1-2H3. The third-order valence-electron chi connectivity index (χ3n) is 3.54. The van der Waals surface area contributed by atoms with Crippen molar-refractivity contribution < 1.29 is 0 Å². The second kappa shape index (κ2) is 4.90. The van der Waals surface area contributed by atoms with Gasteiger partial charge in [0.25, 0.3) is 0 Å². The average Bonchev–Trinajstić information content (AvgIpc) is 2.29. The van der Waals surface area contributed by atoms with Crippen molar-refractivity contribution in [3.63, 3.8) is 0 Å². The van der Waals surface area contributed by atoms with Crippen molar-refractivity contribution in [2.45, 2.75) is 52.5 Å². The van der Waals surface area contributed by atoms with Crippen LogP contribution in [0.5, 0.6) is 0 Å². The van der Waals surface area contributed by atoms with Crippen molar-refractivity contribution in [3.05, 3.63) is 29.8 Å². The molecule has 0 aliphatic carbocycles. The molecule has 0 N–H and O–H groups in total. The Morgan fingerprint density at radius 3 is 2.38 bits per heavy atom. The molecule has 1 aromatic rings. The maximum atomic E-state index is 2.41. The van der Waals surface area contributed by atoms with Crippen LogP contribution in [0.2, 0.25) is 0 Å². The molecular formula is C15H25N. The minimum absolute atomic E-state index is 0.285. The highest BCUT2D eigenvalue weighted by Crippen LogP contribution is 2.41. The van der Waals surface area contributed by atoms with Gasteiger partial charge in [0.1, 0.15) is 0 Å². The van der Waals surface area contributed by atoms with E-state index in [0.29, 0.717) is 5.92 Å². The molecule has 16 heavy (non-hydrogen) atoms. The van der Waals surface area contributed by atoms with Crippen molar-refractivity contribution in [1.29, 1.82) is 0 Å². The van der Waals surface area contributed by atoms with Crippen LogP contribution in [-0.2, 0) is 0 Å². The molecule has 1 heterocycles. The fourth-order valence-electron chi connectivity index (χ4n) is 2.53. The highest BCUT2D eigenvalue weighted by Gasteiger charge is 2.33. The van der Waals surface area contributed by atoms with Crippen molar-refractivity contribution in [3.8, 4) is 0 Å². The lowest BCUT2D eigenvalue weighted by atomic mass is 9.80. The maximum Gasteiger partial charge on any atom is 0.0403 e. The molecule has 2 rings (SSSR count). The second-order valence-electron chi connectivity index (χ2n) is 5.04. The summed E-state index contributed by atoms with van der Waals surface area (Å²) in [5.41, 5.74) is 3.18. The van der Waals surface area contributed by atoms with E-state index in [9.17, 15) is 0 Å². The van der Waals surface area contributed by atoms with Gasteiger partial charge in [0.2, 0.25) is 0 Å². The van der Waals surface area contributed by atoms with Gasteiger partial charge in [-0.2, -0.15) is 0 Å². The summed E-state index contributed by atoms with van der Waals surface area (Å²) in [6.07, 6.45) is 1.24. The third-order valence-corrected chi connectivity index (χ3v) is 3.54. The quantitative estimate of drug-likeness (QED) is 0.623. The Labute approximate surface area is 100 Å².